The molecule has 3 heterocycles. The van der Waals surface area contributed by atoms with E-state index in [4.69, 9.17) is 9.47 Å². The smallest absolute Gasteiger partial charge is 0.193 e. The number of nitrogens with one attached hydrogen (secondary N) is 1. The number of likely N-dealkylation sites (tertiary alicyclic amines) is 1. The van der Waals surface area contributed by atoms with Crippen molar-refractivity contribution < 1.29 is 9.47 Å². The van der Waals surface area contributed by atoms with Gasteiger partial charge in [0.25, 0.3) is 0 Å². The number of hydrogen-bond donors (Lipinski definition) is 1. The maximum atomic E-state index is 6.18. The molecule has 0 aromatic rings. The van der Waals surface area contributed by atoms with Crippen LogP contribution in [-0.4, -0.2) is 112 Å². The third kappa shape index (κ3) is 8.61. The molecule has 0 spiro atoms. The molecular weight excluding hydrogens is 505 g/mol. The van der Waals surface area contributed by atoms with Crippen LogP contribution < -0.4 is 5.32 Å². The molecule has 0 amide bonds. The van der Waals surface area contributed by atoms with Crippen LogP contribution in [0.3, 0.4) is 0 Å². The van der Waals surface area contributed by atoms with Crippen molar-refractivity contribution in [1.29, 1.82) is 0 Å². The minimum absolute atomic E-state index is 0. The van der Waals surface area contributed by atoms with Gasteiger partial charge in [-0.3, -0.25) is 9.89 Å². The van der Waals surface area contributed by atoms with Gasteiger partial charge in [0, 0.05) is 65.5 Å². The zero-order valence-electron chi connectivity index (χ0n) is 20.2. The van der Waals surface area contributed by atoms with Crippen LogP contribution in [0.2, 0.25) is 0 Å². The molecule has 0 radical (unpaired) electrons. The number of ether oxygens (including phenoxy) is 2. The summed E-state index contributed by atoms with van der Waals surface area (Å²) >= 11 is 0. The molecule has 182 valence electrons. The van der Waals surface area contributed by atoms with Gasteiger partial charge in [0.05, 0.1) is 18.8 Å². The summed E-state index contributed by atoms with van der Waals surface area (Å²) in [6.45, 7) is 14.0. The fraction of sp³-hybridized carbons (Fsp3) is 0.957. The molecule has 31 heavy (non-hydrogen) atoms. The second kappa shape index (κ2) is 14.2. The number of guanidine groups is 1. The molecule has 0 aromatic heterocycles. The fourth-order valence-corrected chi connectivity index (χ4v) is 4.88. The molecular formula is C23H46IN5O2. The highest BCUT2D eigenvalue weighted by Gasteiger charge is 2.27. The van der Waals surface area contributed by atoms with Crippen molar-refractivity contribution in [3.8, 4) is 0 Å². The lowest BCUT2D eigenvalue weighted by atomic mass is 10.0. The summed E-state index contributed by atoms with van der Waals surface area (Å²) < 4.78 is 12.0. The summed E-state index contributed by atoms with van der Waals surface area (Å²) in [5, 5.41) is 3.69. The Bertz CT molecular complexity index is 514. The van der Waals surface area contributed by atoms with Crippen molar-refractivity contribution in [2.75, 3.05) is 73.1 Å². The first-order chi connectivity index (χ1) is 14.6. The molecule has 8 heteroatoms. The van der Waals surface area contributed by atoms with E-state index >= 15 is 0 Å². The van der Waals surface area contributed by atoms with Gasteiger partial charge in [0.2, 0.25) is 0 Å². The maximum absolute atomic E-state index is 6.18. The number of nitrogens with zero attached hydrogens (tertiary/aromatic N) is 4. The van der Waals surface area contributed by atoms with Crippen LogP contribution in [0.15, 0.2) is 4.99 Å². The largest absolute Gasteiger partial charge is 0.376 e. The number of aliphatic imine (C=N–C) groups is 1. The van der Waals surface area contributed by atoms with E-state index in [1.165, 1.54) is 12.8 Å². The van der Waals surface area contributed by atoms with Crippen molar-refractivity contribution in [2.24, 2.45) is 10.9 Å². The quantitative estimate of drug-likeness (QED) is 0.298. The molecule has 3 rings (SSSR count). The van der Waals surface area contributed by atoms with Gasteiger partial charge in [-0.25, -0.2) is 0 Å². The third-order valence-electron chi connectivity index (χ3n) is 6.99. The van der Waals surface area contributed by atoms with Crippen LogP contribution >= 0.6 is 24.0 Å². The molecule has 3 saturated heterocycles. The van der Waals surface area contributed by atoms with Gasteiger partial charge >= 0.3 is 0 Å². The Kier molecular flexibility index (Phi) is 12.4. The Morgan fingerprint density at radius 1 is 1.06 bits per heavy atom. The van der Waals surface area contributed by atoms with Crippen molar-refractivity contribution in [3.63, 3.8) is 0 Å². The van der Waals surface area contributed by atoms with E-state index in [2.05, 4.69) is 45.9 Å². The first-order valence-corrected chi connectivity index (χ1v) is 12.2. The van der Waals surface area contributed by atoms with E-state index in [9.17, 15) is 0 Å². The molecule has 2 atom stereocenters. The van der Waals surface area contributed by atoms with Crippen molar-refractivity contribution >= 4 is 29.9 Å². The van der Waals surface area contributed by atoms with Crippen LogP contribution in [0.4, 0.5) is 0 Å². The lowest BCUT2D eigenvalue weighted by molar-refractivity contribution is -0.0721. The van der Waals surface area contributed by atoms with Gasteiger partial charge in [-0.2, -0.15) is 0 Å². The summed E-state index contributed by atoms with van der Waals surface area (Å²) in [4.78, 5) is 12.1. The van der Waals surface area contributed by atoms with Gasteiger partial charge in [0.15, 0.2) is 5.96 Å². The molecule has 3 fully saturated rings. The van der Waals surface area contributed by atoms with Gasteiger partial charge < -0.3 is 24.6 Å². The maximum Gasteiger partial charge on any atom is 0.193 e. The molecule has 3 aliphatic heterocycles. The molecule has 2 unspecified atom stereocenters. The predicted molar refractivity (Wildman–Crippen MR) is 139 cm³/mol. The first-order valence-electron chi connectivity index (χ1n) is 12.2. The Hall–Kier alpha value is -0.160. The monoisotopic (exact) mass is 551 g/mol. The molecule has 0 bridgehead atoms. The van der Waals surface area contributed by atoms with Crippen LogP contribution in [-0.2, 0) is 9.47 Å². The molecule has 0 aromatic carbocycles. The average Bonchev–Trinajstić information content (AvgIpc) is 2.77. The fourth-order valence-electron chi connectivity index (χ4n) is 4.88. The van der Waals surface area contributed by atoms with E-state index in [1.54, 1.807) is 0 Å². The van der Waals surface area contributed by atoms with Gasteiger partial charge in [-0.1, -0.05) is 13.8 Å². The Morgan fingerprint density at radius 2 is 1.77 bits per heavy atom. The summed E-state index contributed by atoms with van der Waals surface area (Å²) in [5.74, 6) is 1.67. The number of hydrogen-bond acceptors (Lipinski definition) is 5. The van der Waals surface area contributed by atoms with Crippen LogP contribution in [0, 0.1) is 5.92 Å². The Balaban J connectivity index is 0.00000341. The lowest BCUT2D eigenvalue weighted by Gasteiger charge is -2.41. The standard InChI is InChI=1S/C23H45N5O2.HI/c1-19(2)22(27-14-12-26(4)13-15-27)17-25-23(24-3)28-10-8-20(9-11-28)30-18-21-7-5-6-16-29-21;/h19-22H,5-18H2,1-4H3,(H,24,25);1H. The highest BCUT2D eigenvalue weighted by atomic mass is 127. The number of halogens is 1. The highest BCUT2D eigenvalue weighted by Crippen LogP contribution is 2.18. The number of rotatable bonds is 7. The number of likely N-dealkylation sites (N-methyl/N-ethyl adjacent to an activating group) is 1. The highest BCUT2D eigenvalue weighted by molar-refractivity contribution is 14.0. The van der Waals surface area contributed by atoms with Gasteiger partial charge in [-0.05, 0) is 45.1 Å². The summed E-state index contributed by atoms with van der Waals surface area (Å²) in [5.41, 5.74) is 0. The van der Waals surface area contributed by atoms with Crippen molar-refractivity contribution in [2.45, 2.75) is 64.2 Å². The normalized spacial score (nSPS) is 26.0. The predicted octanol–water partition coefficient (Wildman–Crippen LogP) is 2.50. The molecule has 0 saturated carbocycles. The lowest BCUT2D eigenvalue weighted by Crippen LogP contribution is -2.56. The van der Waals surface area contributed by atoms with Crippen LogP contribution in [0.25, 0.3) is 0 Å². The summed E-state index contributed by atoms with van der Waals surface area (Å²) in [6, 6.07) is 0.548. The van der Waals surface area contributed by atoms with E-state index in [1.807, 2.05) is 7.05 Å². The average molecular weight is 552 g/mol. The minimum Gasteiger partial charge on any atom is -0.376 e. The molecule has 1 N–H and O–H groups in total. The van der Waals surface area contributed by atoms with Crippen molar-refractivity contribution in [1.82, 2.24) is 20.0 Å². The van der Waals surface area contributed by atoms with Crippen LogP contribution in [0.5, 0.6) is 0 Å². The van der Waals surface area contributed by atoms with Gasteiger partial charge in [-0.15, -0.1) is 24.0 Å². The zero-order valence-corrected chi connectivity index (χ0v) is 22.6. The van der Waals surface area contributed by atoms with E-state index in [-0.39, 0.29) is 24.0 Å². The number of piperazine rings is 1. The summed E-state index contributed by atoms with van der Waals surface area (Å²) in [7, 11) is 4.13. The SMILES string of the molecule is CN=C(NCC(C(C)C)N1CCN(C)CC1)N1CCC(OCC2CCCCO2)CC1.I. The second-order valence-corrected chi connectivity index (χ2v) is 9.59. The first kappa shape index (κ1) is 27.1. The molecule has 3 aliphatic rings. The van der Waals surface area contributed by atoms with Crippen LogP contribution in [0.1, 0.15) is 46.0 Å². The zero-order chi connectivity index (χ0) is 21.3. The minimum atomic E-state index is 0. The third-order valence-corrected chi connectivity index (χ3v) is 6.99. The van der Waals surface area contributed by atoms with E-state index in [0.29, 0.717) is 24.2 Å². The second-order valence-electron chi connectivity index (χ2n) is 9.59. The molecule has 7 nitrogen and oxygen atoms in total. The Labute approximate surface area is 207 Å². The van der Waals surface area contributed by atoms with Crippen molar-refractivity contribution in [3.05, 3.63) is 0 Å². The topological polar surface area (TPSA) is 52.6 Å². The van der Waals surface area contributed by atoms with E-state index in [0.717, 1.165) is 84.2 Å². The van der Waals surface area contributed by atoms with E-state index < -0.39 is 0 Å². The molecule has 0 aliphatic carbocycles. The van der Waals surface area contributed by atoms with Gasteiger partial charge in [0.1, 0.15) is 0 Å². The number of piperidine rings is 1. The summed E-state index contributed by atoms with van der Waals surface area (Å²) in [6.07, 6.45) is 6.44. The Morgan fingerprint density at radius 3 is 2.35 bits per heavy atom.